The van der Waals surface area contributed by atoms with Crippen LogP contribution in [0.4, 0.5) is 4.39 Å². The lowest BCUT2D eigenvalue weighted by Gasteiger charge is -2.16. The highest BCUT2D eigenvalue weighted by Crippen LogP contribution is 2.35. The molecule has 0 aliphatic carbocycles. The summed E-state index contributed by atoms with van der Waals surface area (Å²) in [6, 6.07) is 12.0. The largest absolute Gasteiger partial charge is 0.488 e. The Morgan fingerprint density at radius 1 is 1.29 bits per heavy atom. The molecule has 146 valence electrons. The Bertz CT molecular complexity index is 946. The Morgan fingerprint density at radius 3 is 2.75 bits per heavy atom. The van der Waals surface area contributed by atoms with Crippen LogP contribution in [0.1, 0.15) is 25.0 Å². The molecule has 1 aliphatic rings. The van der Waals surface area contributed by atoms with Crippen LogP contribution < -0.4 is 4.74 Å². The van der Waals surface area contributed by atoms with Crippen molar-refractivity contribution in [2.75, 3.05) is 6.54 Å². The normalized spacial score (nSPS) is 15.8. The summed E-state index contributed by atoms with van der Waals surface area (Å²) in [4.78, 5) is 14.9. The monoisotopic (exact) mass is 479 g/mol. The fourth-order valence-electron chi connectivity index (χ4n) is 2.70. The van der Waals surface area contributed by atoms with Crippen LogP contribution in [0.25, 0.3) is 6.08 Å². The van der Waals surface area contributed by atoms with Gasteiger partial charge in [0, 0.05) is 22.1 Å². The zero-order chi connectivity index (χ0) is 20.3. The first-order valence-corrected chi connectivity index (χ1v) is 10.8. The van der Waals surface area contributed by atoms with E-state index in [-0.39, 0.29) is 18.3 Å². The van der Waals surface area contributed by atoms with E-state index >= 15 is 0 Å². The Morgan fingerprint density at radius 2 is 2.04 bits per heavy atom. The molecule has 0 atom stereocenters. The molecule has 3 rings (SSSR count). The SMILES string of the molecule is CC(C)CN1C(=O)/C(=C/c2cc(Br)ccc2OCc2ccccc2F)SC1=S. The van der Waals surface area contributed by atoms with Crippen LogP contribution in [0.15, 0.2) is 51.8 Å². The van der Waals surface area contributed by atoms with Crippen LogP contribution in [-0.4, -0.2) is 21.7 Å². The van der Waals surface area contributed by atoms with Crippen molar-refractivity contribution in [1.29, 1.82) is 0 Å². The standard InChI is InChI=1S/C21H19BrFNO2S2/c1-13(2)11-24-20(25)19(28-21(24)27)10-15-9-16(22)7-8-18(15)26-12-14-5-3-4-6-17(14)23/h3-10,13H,11-12H2,1-2H3/b19-10-. The van der Waals surface area contributed by atoms with Crippen molar-refractivity contribution in [3.05, 3.63) is 68.8 Å². The summed E-state index contributed by atoms with van der Waals surface area (Å²) in [5, 5.41) is 0. The summed E-state index contributed by atoms with van der Waals surface area (Å²) in [5.41, 5.74) is 1.20. The molecule has 0 bridgehead atoms. The molecule has 2 aromatic rings. The molecule has 1 aliphatic heterocycles. The topological polar surface area (TPSA) is 29.5 Å². The zero-order valence-electron chi connectivity index (χ0n) is 15.4. The minimum atomic E-state index is -0.310. The quantitative estimate of drug-likeness (QED) is 0.373. The van der Waals surface area contributed by atoms with E-state index in [2.05, 4.69) is 15.9 Å². The van der Waals surface area contributed by atoms with Gasteiger partial charge in [0.15, 0.2) is 0 Å². The first-order chi connectivity index (χ1) is 13.3. The molecular weight excluding hydrogens is 461 g/mol. The number of hydrogen-bond acceptors (Lipinski definition) is 4. The van der Waals surface area contributed by atoms with E-state index in [4.69, 9.17) is 17.0 Å². The number of amides is 1. The van der Waals surface area contributed by atoms with Gasteiger partial charge in [0.2, 0.25) is 0 Å². The van der Waals surface area contributed by atoms with E-state index in [1.54, 1.807) is 35.2 Å². The molecule has 28 heavy (non-hydrogen) atoms. The molecule has 7 heteroatoms. The van der Waals surface area contributed by atoms with Crippen LogP contribution in [0.5, 0.6) is 5.75 Å². The van der Waals surface area contributed by atoms with Gasteiger partial charge in [-0.1, -0.05) is 72.0 Å². The van der Waals surface area contributed by atoms with E-state index in [0.717, 1.165) is 10.0 Å². The molecule has 1 saturated heterocycles. The van der Waals surface area contributed by atoms with Gasteiger partial charge in [-0.3, -0.25) is 9.69 Å². The molecule has 1 heterocycles. The Kier molecular flexibility index (Phi) is 6.91. The summed E-state index contributed by atoms with van der Waals surface area (Å²) in [5.74, 6) is 0.493. The smallest absolute Gasteiger partial charge is 0.266 e. The average Bonchev–Trinajstić information content (AvgIpc) is 2.89. The Labute approximate surface area is 182 Å². The number of carbonyl (C=O) groups excluding carboxylic acids is 1. The Hall–Kier alpha value is -1.70. The highest BCUT2D eigenvalue weighted by molar-refractivity contribution is 9.10. The third kappa shape index (κ3) is 5.01. The van der Waals surface area contributed by atoms with E-state index in [0.29, 0.717) is 33.0 Å². The minimum absolute atomic E-state index is 0.0938. The number of rotatable bonds is 6. The van der Waals surface area contributed by atoms with Crippen molar-refractivity contribution in [3.63, 3.8) is 0 Å². The van der Waals surface area contributed by atoms with Gasteiger partial charge in [0.1, 0.15) is 22.5 Å². The summed E-state index contributed by atoms with van der Waals surface area (Å²) >= 11 is 10.1. The van der Waals surface area contributed by atoms with Gasteiger partial charge in [-0.2, -0.15) is 0 Å². The van der Waals surface area contributed by atoms with Crippen LogP contribution in [-0.2, 0) is 11.4 Å². The lowest BCUT2D eigenvalue weighted by Crippen LogP contribution is -2.31. The van der Waals surface area contributed by atoms with Crippen LogP contribution in [0, 0.1) is 11.7 Å². The highest BCUT2D eigenvalue weighted by atomic mass is 79.9. The van der Waals surface area contributed by atoms with E-state index in [1.807, 2.05) is 26.0 Å². The van der Waals surface area contributed by atoms with Gasteiger partial charge in [-0.05, 0) is 36.3 Å². The first kappa shape index (κ1) is 21.0. The van der Waals surface area contributed by atoms with Gasteiger partial charge in [-0.15, -0.1) is 0 Å². The fraction of sp³-hybridized carbons (Fsp3) is 0.238. The number of thioether (sulfide) groups is 1. The second-order valence-corrected chi connectivity index (χ2v) is 9.34. The molecule has 1 amide bonds. The van der Waals surface area contributed by atoms with E-state index < -0.39 is 0 Å². The molecule has 0 radical (unpaired) electrons. The molecule has 3 nitrogen and oxygen atoms in total. The van der Waals surface area contributed by atoms with Gasteiger partial charge >= 0.3 is 0 Å². The van der Waals surface area contributed by atoms with Crippen molar-refractivity contribution in [1.82, 2.24) is 4.90 Å². The Balaban J connectivity index is 1.85. The maximum absolute atomic E-state index is 13.9. The highest BCUT2D eigenvalue weighted by Gasteiger charge is 2.32. The number of carbonyl (C=O) groups is 1. The number of thiocarbonyl (C=S) groups is 1. The van der Waals surface area contributed by atoms with Crippen molar-refractivity contribution in [3.8, 4) is 5.75 Å². The molecule has 0 unspecified atom stereocenters. The number of ether oxygens (including phenoxy) is 1. The van der Waals surface area contributed by atoms with Gasteiger partial charge in [0.25, 0.3) is 5.91 Å². The van der Waals surface area contributed by atoms with Crippen LogP contribution in [0.3, 0.4) is 0 Å². The molecule has 0 N–H and O–H groups in total. The maximum Gasteiger partial charge on any atom is 0.266 e. The predicted molar refractivity (Wildman–Crippen MR) is 120 cm³/mol. The zero-order valence-corrected chi connectivity index (χ0v) is 18.7. The second-order valence-electron chi connectivity index (χ2n) is 6.75. The summed E-state index contributed by atoms with van der Waals surface area (Å²) in [7, 11) is 0. The lowest BCUT2D eigenvalue weighted by atomic mass is 10.1. The van der Waals surface area contributed by atoms with Crippen molar-refractivity contribution >= 4 is 56.2 Å². The van der Waals surface area contributed by atoms with Gasteiger partial charge < -0.3 is 4.74 Å². The van der Waals surface area contributed by atoms with Gasteiger partial charge in [0.05, 0.1) is 4.91 Å². The average molecular weight is 480 g/mol. The molecule has 0 spiro atoms. The molecule has 0 aromatic heterocycles. The molecule has 1 fully saturated rings. The summed E-state index contributed by atoms with van der Waals surface area (Å²) < 4.78 is 21.1. The number of benzene rings is 2. The van der Waals surface area contributed by atoms with Crippen molar-refractivity contribution in [2.45, 2.75) is 20.5 Å². The maximum atomic E-state index is 13.9. The predicted octanol–water partition coefficient (Wildman–Crippen LogP) is 6.02. The van der Waals surface area contributed by atoms with Gasteiger partial charge in [-0.25, -0.2) is 4.39 Å². The number of halogens is 2. The minimum Gasteiger partial charge on any atom is -0.488 e. The molecule has 2 aromatic carbocycles. The lowest BCUT2D eigenvalue weighted by molar-refractivity contribution is -0.122. The second kappa shape index (κ2) is 9.20. The van der Waals surface area contributed by atoms with Crippen molar-refractivity contribution in [2.24, 2.45) is 5.92 Å². The first-order valence-electron chi connectivity index (χ1n) is 8.76. The molecular formula is C21H19BrFNO2S2. The summed E-state index contributed by atoms with van der Waals surface area (Å²) in [6.45, 7) is 4.79. The van der Waals surface area contributed by atoms with E-state index in [9.17, 15) is 9.18 Å². The van der Waals surface area contributed by atoms with Crippen LogP contribution >= 0.6 is 39.9 Å². The van der Waals surface area contributed by atoms with Crippen LogP contribution in [0.2, 0.25) is 0 Å². The number of nitrogens with zero attached hydrogens (tertiary/aromatic N) is 1. The third-order valence-corrected chi connectivity index (χ3v) is 5.89. The van der Waals surface area contributed by atoms with E-state index in [1.165, 1.54) is 17.8 Å². The molecule has 0 saturated carbocycles. The third-order valence-electron chi connectivity index (χ3n) is 4.02. The summed E-state index contributed by atoms with van der Waals surface area (Å²) in [6.07, 6.45) is 1.78. The fourth-order valence-corrected chi connectivity index (χ4v) is 4.34. The number of hydrogen-bond donors (Lipinski definition) is 0. The van der Waals surface area contributed by atoms with Crippen molar-refractivity contribution < 1.29 is 13.9 Å².